The van der Waals surface area contributed by atoms with Crippen molar-refractivity contribution in [3.05, 3.63) is 24.4 Å². The molecule has 5 aliphatic rings. The van der Waals surface area contributed by atoms with Crippen LogP contribution in [0, 0.1) is 62.6 Å². The van der Waals surface area contributed by atoms with Gasteiger partial charge in [0.2, 0.25) is 0 Å². The van der Waals surface area contributed by atoms with Gasteiger partial charge in [-0.2, -0.15) is 0 Å². The van der Waals surface area contributed by atoms with E-state index in [-0.39, 0.29) is 11.4 Å². The lowest BCUT2D eigenvalue weighted by atomic mass is 9.31. The van der Waals surface area contributed by atoms with Crippen LogP contribution in [0.25, 0.3) is 0 Å². The summed E-state index contributed by atoms with van der Waals surface area (Å²) in [5, 5.41) is 0. The molecule has 0 aromatic rings. The van der Waals surface area contributed by atoms with Gasteiger partial charge in [0, 0.05) is 18.0 Å². The van der Waals surface area contributed by atoms with Gasteiger partial charge in [0.25, 0.3) is 0 Å². The summed E-state index contributed by atoms with van der Waals surface area (Å²) in [5.74, 6) is 3.71. The molecule has 2 N–H and O–H groups in total. The average Bonchev–Trinajstić information content (AvgIpc) is 3.26. The van der Waals surface area contributed by atoms with Crippen molar-refractivity contribution in [3.8, 4) is 0 Å². The molecule has 1 unspecified atom stereocenters. The Labute approximate surface area is 233 Å². The van der Waals surface area contributed by atoms with Crippen LogP contribution in [0.3, 0.4) is 0 Å². The zero-order valence-electron chi connectivity index (χ0n) is 25.8. The van der Waals surface area contributed by atoms with Gasteiger partial charge in [-0.3, -0.25) is 4.79 Å². The minimum Gasteiger partial charge on any atom is -0.461 e. The van der Waals surface area contributed by atoms with Crippen LogP contribution in [0.2, 0.25) is 0 Å². The zero-order chi connectivity index (χ0) is 27.9. The molecule has 3 heteroatoms. The molecule has 5 rings (SSSR count). The molecule has 5 saturated carbocycles. The van der Waals surface area contributed by atoms with E-state index in [0.29, 0.717) is 46.0 Å². The topological polar surface area (TPSA) is 52.3 Å². The molecule has 0 spiro atoms. The summed E-state index contributed by atoms with van der Waals surface area (Å²) in [4.78, 5) is 11.6. The maximum absolute atomic E-state index is 11.6. The number of hydrogen-bond acceptors (Lipinski definition) is 3. The fourth-order valence-electron chi connectivity index (χ4n) is 12.5. The van der Waals surface area contributed by atoms with Crippen molar-refractivity contribution in [2.24, 2.45) is 68.3 Å². The van der Waals surface area contributed by atoms with Crippen LogP contribution in [0.15, 0.2) is 24.4 Å². The molecule has 0 radical (unpaired) electrons. The van der Waals surface area contributed by atoms with Gasteiger partial charge >= 0.3 is 5.97 Å². The summed E-state index contributed by atoms with van der Waals surface area (Å²) in [6.07, 6.45) is 14.2. The third-order valence-corrected chi connectivity index (χ3v) is 15.1. The molecule has 3 nitrogen and oxygen atoms in total. The van der Waals surface area contributed by atoms with Crippen LogP contribution < -0.4 is 5.73 Å². The molecule has 5 fully saturated rings. The molecule has 214 valence electrons. The smallest absolute Gasteiger partial charge is 0.302 e. The number of fused-ring (bicyclic) bond motifs is 7. The minimum atomic E-state index is -0.217. The fourth-order valence-corrected chi connectivity index (χ4v) is 12.5. The average molecular weight is 524 g/mol. The number of nitrogens with two attached hydrogens (primary N) is 1. The molecular formula is C35H57NO2. The third-order valence-electron chi connectivity index (χ3n) is 15.1. The van der Waals surface area contributed by atoms with Crippen molar-refractivity contribution in [2.45, 2.75) is 119 Å². The molecule has 0 aliphatic heterocycles. The number of allylic oxidation sites excluding steroid dienone is 1. The van der Waals surface area contributed by atoms with Gasteiger partial charge < -0.3 is 10.5 Å². The Morgan fingerprint density at radius 2 is 1.61 bits per heavy atom. The lowest BCUT2D eigenvalue weighted by Gasteiger charge is -2.73. The van der Waals surface area contributed by atoms with E-state index in [2.05, 4.69) is 54.7 Å². The second kappa shape index (κ2) is 9.13. The van der Waals surface area contributed by atoms with Crippen LogP contribution in [0.5, 0.6) is 0 Å². The first kappa shape index (κ1) is 28.3. The predicted molar refractivity (Wildman–Crippen MR) is 157 cm³/mol. The van der Waals surface area contributed by atoms with Gasteiger partial charge in [-0.15, -0.1) is 0 Å². The first-order valence-electron chi connectivity index (χ1n) is 16.0. The highest BCUT2D eigenvalue weighted by molar-refractivity contribution is 5.66. The number of ether oxygens (including phenoxy) is 1. The largest absolute Gasteiger partial charge is 0.461 e. The van der Waals surface area contributed by atoms with Gasteiger partial charge in [-0.05, 0) is 127 Å². The maximum atomic E-state index is 11.6. The summed E-state index contributed by atoms with van der Waals surface area (Å²) in [7, 11) is 0. The molecule has 0 amide bonds. The van der Waals surface area contributed by atoms with E-state index < -0.39 is 0 Å². The first-order chi connectivity index (χ1) is 17.7. The summed E-state index contributed by atoms with van der Waals surface area (Å²) in [6, 6.07) is 0. The zero-order valence-corrected chi connectivity index (χ0v) is 25.8. The maximum Gasteiger partial charge on any atom is 0.302 e. The Hall–Kier alpha value is -1.25. The molecule has 0 aromatic heterocycles. The predicted octanol–water partition coefficient (Wildman–Crippen LogP) is 8.69. The van der Waals surface area contributed by atoms with Gasteiger partial charge in [0.1, 0.15) is 6.61 Å². The highest BCUT2D eigenvalue weighted by Crippen LogP contribution is 2.78. The van der Waals surface area contributed by atoms with E-state index in [1.165, 1.54) is 58.3 Å². The van der Waals surface area contributed by atoms with Crippen molar-refractivity contribution >= 4 is 5.97 Å². The van der Waals surface area contributed by atoms with E-state index in [4.69, 9.17) is 10.5 Å². The molecule has 0 bridgehead atoms. The van der Waals surface area contributed by atoms with E-state index in [1.54, 1.807) is 0 Å². The summed E-state index contributed by atoms with van der Waals surface area (Å²) < 4.78 is 5.48. The molecule has 0 aromatic carbocycles. The van der Waals surface area contributed by atoms with E-state index in [1.807, 2.05) is 0 Å². The Morgan fingerprint density at radius 1 is 0.895 bits per heavy atom. The number of hydrogen-bond donors (Lipinski definition) is 1. The van der Waals surface area contributed by atoms with Gasteiger partial charge in [-0.1, -0.05) is 61.1 Å². The van der Waals surface area contributed by atoms with Crippen molar-refractivity contribution < 1.29 is 9.53 Å². The van der Waals surface area contributed by atoms with Crippen LogP contribution >= 0.6 is 0 Å². The summed E-state index contributed by atoms with van der Waals surface area (Å²) in [6.45, 7) is 26.5. The first-order valence-corrected chi connectivity index (χ1v) is 16.0. The Balaban J connectivity index is 1.52. The number of esters is 1. The lowest BCUT2D eigenvalue weighted by Crippen LogP contribution is -2.66. The van der Waals surface area contributed by atoms with Crippen LogP contribution in [0.4, 0.5) is 0 Å². The van der Waals surface area contributed by atoms with Crippen molar-refractivity contribution in [1.82, 2.24) is 0 Å². The van der Waals surface area contributed by atoms with Gasteiger partial charge in [0.05, 0.1) is 0 Å². The molecule has 38 heavy (non-hydrogen) atoms. The van der Waals surface area contributed by atoms with Crippen molar-refractivity contribution in [1.29, 1.82) is 0 Å². The van der Waals surface area contributed by atoms with Crippen LogP contribution in [0.1, 0.15) is 119 Å². The van der Waals surface area contributed by atoms with Gasteiger partial charge in [-0.25, -0.2) is 0 Å². The van der Waals surface area contributed by atoms with E-state index >= 15 is 0 Å². The number of carbonyl (C=O) groups is 1. The van der Waals surface area contributed by atoms with Crippen molar-refractivity contribution in [3.63, 3.8) is 0 Å². The summed E-state index contributed by atoms with van der Waals surface area (Å²) >= 11 is 0. The highest BCUT2D eigenvalue weighted by atomic mass is 16.5. The molecule has 11 atom stereocenters. The number of rotatable bonds is 5. The molecule has 0 heterocycles. The van der Waals surface area contributed by atoms with E-state index in [9.17, 15) is 4.79 Å². The monoisotopic (exact) mass is 523 g/mol. The van der Waals surface area contributed by atoms with Crippen molar-refractivity contribution in [2.75, 3.05) is 6.61 Å². The highest BCUT2D eigenvalue weighted by Gasteiger charge is 2.71. The Kier molecular flexibility index (Phi) is 6.80. The van der Waals surface area contributed by atoms with Crippen LogP contribution in [-0.2, 0) is 9.53 Å². The van der Waals surface area contributed by atoms with E-state index in [0.717, 1.165) is 48.3 Å². The molecule has 0 saturated heterocycles. The Bertz CT molecular complexity index is 1000. The number of carbonyl (C=O) groups excluding carboxylic acids is 1. The SMILES string of the molecule is C=C(COC(C)=O)[C@@H]1CC[C@]2(C(=C)N)CC[C@]3(C)C(CC[C@@H]4[C@@]5(C)CC[C@H](C)[C@@](C)(CC)[C@@H]5CC[C@]43C)[C@@H]12. The summed E-state index contributed by atoms with van der Waals surface area (Å²) in [5.41, 5.74) is 10.3. The Morgan fingerprint density at radius 3 is 2.24 bits per heavy atom. The third kappa shape index (κ3) is 3.54. The van der Waals surface area contributed by atoms with Crippen LogP contribution in [-0.4, -0.2) is 12.6 Å². The molecule has 5 aliphatic carbocycles. The minimum absolute atomic E-state index is 0.0133. The second-order valence-corrected chi connectivity index (χ2v) is 15.8. The second-order valence-electron chi connectivity index (χ2n) is 15.8. The molecular weight excluding hydrogens is 466 g/mol. The standard InChI is InChI=1S/C35H57NO2/c1-10-31(6)23(3)13-16-32(7)28(31)15-17-34(9)29(32)12-11-27-30-26(22(2)21-38-25(5)37)14-18-35(30,24(4)36)20-19-33(27,34)8/h23,26-30H,2,4,10-21,36H2,1,3,5-9H3/t23-,26-,27?,28-,29+,30+,31+,32-,33+,34+,35+/m0/s1. The van der Waals surface area contributed by atoms with Gasteiger partial charge in [0.15, 0.2) is 0 Å². The fraction of sp³-hybridized carbons (Fsp3) is 0.857. The lowest BCUT2D eigenvalue weighted by molar-refractivity contribution is -0.241. The normalized spacial score (nSPS) is 51.7. The quantitative estimate of drug-likeness (QED) is 0.290.